The molecule has 2 amide bonds. The fourth-order valence-electron chi connectivity index (χ4n) is 4.77. The smallest absolute Gasteiger partial charge is 0.273 e. The van der Waals surface area contributed by atoms with Crippen LogP contribution in [0.5, 0.6) is 0 Å². The number of benzene rings is 1. The molecule has 2 fully saturated rings. The summed E-state index contributed by atoms with van der Waals surface area (Å²) in [5, 5.41) is 6.51. The van der Waals surface area contributed by atoms with Crippen LogP contribution >= 0.6 is 11.6 Å². The highest BCUT2D eigenvalue weighted by Crippen LogP contribution is 2.59. The van der Waals surface area contributed by atoms with Crippen LogP contribution in [0.3, 0.4) is 0 Å². The molecule has 30 heavy (non-hydrogen) atoms. The number of pyridine rings is 1. The van der Waals surface area contributed by atoms with Gasteiger partial charge in [-0.1, -0.05) is 18.5 Å². The van der Waals surface area contributed by atoms with E-state index in [1.165, 1.54) is 0 Å². The second-order valence-corrected chi connectivity index (χ2v) is 8.46. The Labute approximate surface area is 178 Å². The van der Waals surface area contributed by atoms with Gasteiger partial charge in [0.2, 0.25) is 0 Å². The summed E-state index contributed by atoms with van der Waals surface area (Å²) < 4.78 is 26.7. The fourth-order valence-corrected chi connectivity index (χ4v) is 4.89. The number of carbonyl (C=O) groups is 2. The molecule has 2 aromatic rings. The Hall–Kier alpha value is -2.54. The molecule has 158 valence electrons. The first-order valence-electron chi connectivity index (χ1n) is 10.1. The number of hydrogen-bond donors (Lipinski definition) is 2. The third kappa shape index (κ3) is 4.17. The van der Waals surface area contributed by atoms with Crippen molar-refractivity contribution in [3.8, 4) is 0 Å². The topological polar surface area (TPSA) is 71.1 Å². The van der Waals surface area contributed by atoms with E-state index in [1.807, 2.05) is 6.92 Å². The molecule has 2 aliphatic carbocycles. The largest absolute Gasteiger partial charge is 0.349 e. The lowest BCUT2D eigenvalue weighted by Crippen LogP contribution is -2.39. The molecular weight excluding hydrogens is 412 g/mol. The lowest BCUT2D eigenvalue weighted by Gasteiger charge is -2.22. The van der Waals surface area contributed by atoms with Gasteiger partial charge < -0.3 is 10.6 Å². The Morgan fingerprint density at radius 3 is 2.43 bits per heavy atom. The summed E-state index contributed by atoms with van der Waals surface area (Å²) in [7, 11) is 0. The molecule has 2 aliphatic rings. The average molecular weight is 434 g/mol. The van der Waals surface area contributed by atoms with Gasteiger partial charge >= 0.3 is 0 Å². The maximum Gasteiger partial charge on any atom is 0.273 e. The van der Waals surface area contributed by atoms with Gasteiger partial charge in [0.25, 0.3) is 11.8 Å². The van der Waals surface area contributed by atoms with Crippen molar-refractivity contribution >= 4 is 23.4 Å². The number of rotatable bonds is 6. The SMILES string of the molecule is CCC(NC(=O)c1ccc(Cl)cc1)C1[C@H]2CC(NC(=O)c3ncc(F)cc3F)C[C@@H]12. The Morgan fingerprint density at radius 2 is 1.83 bits per heavy atom. The fraction of sp³-hybridized carbons (Fsp3) is 0.409. The predicted octanol–water partition coefficient (Wildman–Crippen LogP) is 3.98. The maximum atomic E-state index is 13.7. The molecule has 5 nitrogen and oxygen atoms in total. The van der Waals surface area contributed by atoms with Gasteiger partial charge in [-0.05, 0) is 61.3 Å². The molecule has 2 N–H and O–H groups in total. The summed E-state index contributed by atoms with van der Waals surface area (Å²) in [5.41, 5.74) is 0.179. The number of halogens is 3. The average Bonchev–Trinajstić information content (AvgIpc) is 3.20. The standard InChI is InChI=1S/C22H22ClF2N3O2/c1-2-18(28-21(29)11-3-5-12(23)6-4-11)19-15-8-14(9-16(15)19)27-22(30)20-17(25)7-13(24)10-26-20/h3-7,10,14-16,18-19H,2,8-9H2,1H3,(H,27,30)(H,28,29)/t14?,15-,16+,18?,19?. The van der Waals surface area contributed by atoms with E-state index < -0.39 is 23.2 Å². The molecule has 3 unspecified atom stereocenters. The third-order valence-electron chi connectivity index (χ3n) is 6.20. The van der Waals surface area contributed by atoms with Crippen LogP contribution in [0.4, 0.5) is 8.78 Å². The third-order valence-corrected chi connectivity index (χ3v) is 6.45. The van der Waals surface area contributed by atoms with Gasteiger partial charge in [0.1, 0.15) is 5.82 Å². The van der Waals surface area contributed by atoms with E-state index in [-0.39, 0.29) is 18.0 Å². The Kier molecular flexibility index (Phi) is 5.73. The molecule has 2 saturated carbocycles. The van der Waals surface area contributed by atoms with E-state index in [2.05, 4.69) is 15.6 Å². The number of nitrogens with one attached hydrogen (secondary N) is 2. The van der Waals surface area contributed by atoms with Crippen molar-refractivity contribution in [1.29, 1.82) is 0 Å². The molecule has 1 aromatic carbocycles. The summed E-state index contributed by atoms with van der Waals surface area (Å²) in [6.45, 7) is 2.04. The second kappa shape index (κ2) is 8.30. The van der Waals surface area contributed by atoms with E-state index in [0.717, 1.165) is 25.5 Å². The van der Waals surface area contributed by atoms with Crippen molar-refractivity contribution in [2.75, 3.05) is 0 Å². The summed E-state index contributed by atoms with van der Waals surface area (Å²) >= 11 is 5.88. The van der Waals surface area contributed by atoms with Crippen LogP contribution in [-0.4, -0.2) is 28.9 Å². The van der Waals surface area contributed by atoms with Crippen LogP contribution in [0, 0.1) is 29.4 Å². The molecule has 1 heterocycles. The van der Waals surface area contributed by atoms with E-state index in [0.29, 0.717) is 34.4 Å². The highest BCUT2D eigenvalue weighted by molar-refractivity contribution is 6.30. The molecule has 5 atom stereocenters. The molecule has 0 spiro atoms. The number of aromatic nitrogens is 1. The summed E-state index contributed by atoms with van der Waals surface area (Å²) in [4.78, 5) is 28.3. The van der Waals surface area contributed by atoms with Crippen molar-refractivity contribution < 1.29 is 18.4 Å². The highest BCUT2D eigenvalue weighted by atomic mass is 35.5. The minimum atomic E-state index is -0.968. The molecule has 0 bridgehead atoms. The lowest BCUT2D eigenvalue weighted by atomic mass is 9.99. The molecule has 1 aromatic heterocycles. The van der Waals surface area contributed by atoms with Gasteiger partial charge in [-0.15, -0.1) is 0 Å². The van der Waals surface area contributed by atoms with E-state index in [9.17, 15) is 18.4 Å². The van der Waals surface area contributed by atoms with Gasteiger partial charge in [-0.25, -0.2) is 13.8 Å². The zero-order chi connectivity index (χ0) is 21.4. The van der Waals surface area contributed by atoms with Crippen LogP contribution < -0.4 is 10.6 Å². The first kappa shape index (κ1) is 20.7. The first-order valence-corrected chi connectivity index (χ1v) is 10.4. The van der Waals surface area contributed by atoms with Crippen molar-refractivity contribution in [3.63, 3.8) is 0 Å². The summed E-state index contributed by atoms with van der Waals surface area (Å²) in [5.74, 6) is -1.33. The van der Waals surface area contributed by atoms with Gasteiger partial charge in [0.05, 0.1) is 6.20 Å². The van der Waals surface area contributed by atoms with Gasteiger partial charge in [0, 0.05) is 28.7 Å². The normalized spacial score (nSPS) is 25.3. The molecular formula is C22H22ClF2N3O2. The quantitative estimate of drug-likeness (QED) is 0.724. The van der Waals surface area contributed by atoms with E-state index >= 15 is 0 Å². The molecule has 0 saturated heterocycles. The molecule has 0 radical (unpaired) electrons. The minimum absolute atomic E-state index is 0.0658. The van der Waals surface area contributed by atoms with Crippen molar-refractivity contribution in [3.05, 3.63) is 64.4 Å². The van der Waals surface area contributed by atoms with E-state index in [1.54, 1.807) is 24.3 Å². The van der Waals surface area contributed by atoms with Crippen LogP contribution in [0.1, 0.15) is 47.0 Å². The van der Waals surface area contributed by atoms with Crippen molar-refractivity contribution in [1.82, 2.24) is 15.6 Å². The van der Waals surface area contributed by atoms with Gasteiger partial charge in [0.15, 0.2) is 11.5 Å². The van der Waals surface area contributed by atoms with Crippen molar-refractivity contribution in [2.45, 2.75) is 38.3 Å². The first-order chi connectivity index (χ1) is 14.4. The predicted molar refractivity (Wildman–Crippen MR) is 108 cm³/mol. The minimum Gasteiger partial charge on any atom is -0.349 e. The number of nitrogens with zero attached hydrogens (tertiary/aromatic N) is 1. The maximum absolute atomic E-state index is 13.7. The van der Waals surface area contributed by atoms with Gasteiger partial charge in [-0.3, -0.25) is 9.59 Å². The molecule has 8 heteroatoms. The van der Waals surface area contributed by atoms with Crippen LogP contribution in [-0.2, 0) is 0 Å². The zero-order valence-electron chi connectivity index (χ0n) is 16.4. The zero-order valence-corrected chi connectivity index (χ0v) is 17.1. The second-order valence-electron chi connectivity index (χ2n) is 8.03. The van der Waals surface area contributed by atoms with Crippen molar-refractivity contribution in [2.24, 2.45) is 17.8 Å². The Bertz CT molecular complexity index is 957. The van der Waals surface area contributed by atoms with E-state index in [4.69, 9.17) is 11.6 Å². The number of fused-ring (bicyclic) bond motifs is 1. The van der Waals surface area contributed by atoms with Crippen LogP contribution in [0.25, 0.3) is 0 Å². The summed E-state index contributed by atoms with van der Waals surface area (Å²) in [6.07, 6.45) is 3.20. The monoisotopic (exact) mass is 433 g/mol. The van der Waals surface area contributed by atoms with Crippen LogP contribution in [0.2, 0.25) is 5.02 Å². The summed E-state index contributed by atoms with van der Waals surface area (Å²) in [6, 6.07) is 7.43. The molecule has 0 aliphatic heterocycles. The molecule has 4 rings (SSSR count). The lowest BCUT2D eigenvalue weighted by molar-refractivity contribution is 0.0923. The van der Waals surface area contributed by atoms with Crippen LogP contribution in [0.15, 0.2) is 36.5 Å². The number of carbonyl (C=O) groups excluding carboxylic acids is 2. The number of hydrogen-bond acceptors (Lipinski definition) is 3. The van der Waals surface area contributed by atoms with Gasteiger partial charge in [-0.2, -0.15) is 0 Å². The number of amides is 2. The Balaban J connectivity index is 1.31. The Morgan fingerprint density at radius 1 is 1.17 bits per heavy atom. The highest BCUT2D eigenvalue weighted by Gasteiger charge is 2.58.